The van der Waals surface area contributed by atoms with E-state index in [-0.39, 0.29) is 0 Å². The van der Waals surface area contributed by atoms with Crippen molar-refractivity contribution in [3.63, 3.8) is 0 Å². The molecule has 0 bridgehead atoms. The lowest BCUT2D eigenvalue weighted by atomic mass is 10.3. The maximum atomic E-state index is 5.76. The summed E-state index contributed by atoms with van der Waals surface area (Å²) in [6.45, 7) is 0. The molecule has 6 heteroatoms. The van der Waals surface area contributed by atoms with Gasteiger partial charge in [-0.25, -0.2) is 0 Å². The van der Waals surface area contributed by atoms with E-state index in [1.807, 2.05) is 24.3 Å². The highest BCUT2D eigenvalue weighted by Crippen LogP contribution is 2.28. The Kier molecular flexibility index (Phi) is 3.13. The molecule has 0 aliphatic rings. The SMILES string of the molecule is Clc1[nH]ncc1N=Nc1ccccc1Br. The third-order valence-electron chi connectivity index (χ3n) is 1.69. The molecule has 2 aromatic rings. The van der Waals surface area contributed by atoms with Crippen molar-refractivity contribution >= 4 is 38.9 Å². The summed E-state index contributed by atoms with van der Waals surface area (Å²) in [6.07, 6.45) is 1.52. The monoisotopic (exact) mass is 284 g/mol. The molecule has 1 N–H and O–H groups in total. The third kappa shape index (κ3) is 2.43. The molecule has 0 saturated carbocycles. The summed E-state index contributed by atoms with van der Waals surface area (Å²) in [5.74, 6) is 0. The molecular weight excluding hydrogens is 279 g/mol. The molecule has 15 heavy (non-hydrogen) atoms. The van der Waals surface area contributed by atoms with E-state index in [1.165, 1.54) is 6.20 Å². The minimum atomic E-state index is 0.380. The average molecular weight is 286 g/mol. The van der Waals surface area contributed by atoms with Crippen LogP contribution in [0, 0.1) is 0 Å². The normalized spacial score (nSPS) is 11.1. The number of nitrogens with zero attached hydrogens (tertiary/aromatic N) is 3. The first-order valence-electron chi connectivity index (χ1n) is 4.12. The largest absolute Gasteiger partial charge is 0.265 e. The molecular formula is C9H6BrClN4. The first kappa shape index (κ1) is 10.3. The van der Waals surface area contributed by atoms with Crippen LogP contribution in [0.25, 0.3) is 0 Å². The lowest BCUT2D eigenvalue weighted by molar-refractivity contribution is 1.09. The molecule has 0 spiro atoms. The maximum absolute atomic E-state index is 5.76. The topological polar surface area (TPSA) is 53.4 Å². The molecule has 2 rings (SSSR count). The van der Waals surface area contributed by atoms with E-state index in [0.717, 1.165) is 10.2 Å². The van der Waals surface area contributed by atoms with Crippen LogP contribution in [0.1, 0.15) is 0 Å². The number of hydrogen-bond acceptors (Lipinski definition) is 3. The van der Waals surface area contributed by atoms with E-state index in [1.54, 1.807) is 0 Å². The van der Waals surface area contributed by atoms with Gasteiger partial charge in [-0.1, -0.05) is 23.7 Å². The molecule has 1 aromatic carbocycles. The molecule has 0 unspecified atom stereocenters. The van der Waals surface area contributed by atoms with Gasteiger partial charge in [-0.15, -0.1) is 10.2 Å². The number of aromatic amines is 1. The van der Waals surface area contributed by atoms with Crippen LogP contribution in [-0.4, -0.2) is 10.2 Å². The molecule has 76 valence electrons. The first-order chi connectivity index (χ1) is 7.27. The minimum absolute atomic E-state index is 0.380. The van der Waals surface area contributed by atoms with Crippen LogP contribution < -0.4 is 0 Å². The first-order valence-corrected chi connectivity index (χ1v) is 5.29. The predicted octanol–water partition coefficient (Wildman–Crippen LogP) is 4.24. The fourth-order valence-electron chi connectivity index (χ4n) is 0.974. The van der Waals surface area contributed by atoms with Gasteiger partial charge in [-0.3, -0.25) is 5.10 Å². The van der Waals surface area contributed by atoms with Crippen molar-refractivity contribution in [2.45, 2.75) is 0 Å². The van der Waals surface area contributed by atoms with Crippen LogP contribution in [0.5, 0.6) is 0 Å². The van der Waals surface area contributed by atoms with Gasteiger partial charge in [0.2, 0.25) is 0 Å². The summed E-state index contributed by atoms with van der Waals surface area (Å²) in [5, 5.41) is 14.7. The number of aromatic nitrogens is 2. The van der Waals surface area contributed by atoms with E-state index in [2.05, 4.69) is 36.4 Å². The van der Waals surface area contributed by atoms with Crippen molar-refractivity contribution < 1.29 is 0 Å². The summed E-state index contributed by atoms with van der Waals surface area (Å²) >= 11 is 9.13. The summed E-state index contributed by atoms with van der Waals surface area (Å²) in [6, 6.07) is 7.54. The van der Waals surface area contributed by atoms with Crippen LogP contribution in [0.4, 0.5) is 11.4 Å². The number of rotatable bonds is 2. The fourth-order valence-corrected chi connectivity index (χ4v) is 1.47. The maximum Gasteiger partial charge on any atom is 0.152 e. The van der Waals surface area contributed by atoms with E-state index in [0.29, 0.717) is 10.8 Å². The van der Waals surface area contributed by atoms with Gasteiger partial charge in [0.25, 0.3) is 0 Å². The van der Waals surface area contributed by atoms with Crippen molar-refractivity contribution in [1.82, 2.24) is 10.2 Å². The molecule has 1 heterocycles. The van der Waals surface area contributed by atoms with Crippen LogP contribution in [0.3, 0.4) is 0 Å². The highest BCUT2D eigenvalue weighted by molar-refractivity contribution is 9.10. The van der Waals surface area contributed by atoms with Gasteiger partial charge in [0, 0.05) is 4.47 Å². The van der Waals surface area contributed by atoms with E-state index in [9.17, 15) is 0 Å². The van der Waals surface area contributed by atoms with Crippen molar-refractivity contribution in [2.75, 3.05) is 0 Å². The van der Waals surface area contributed by atoms with E-state index < -0.39 is 0 Å². The number of azo groups is 1. The molecule has 0 aliphatic heterocycles. The Hall–Kier alpha value is -1.20. The van der Waals surface area contributed by atoms with Gasteiger partial charge in [-0.2, -0.15) is 5.10 Å². The average Bonchev–Trinajstić information content (AvgIpc) is 2.63. The highest BCUT2D eigenvalue weighted by Gasteiger charge is 2.00. The minimum Gasteiger partial charge on any atom is -0.265 e. The van der Waals surface area contributed by atoms with Gasteiger partial charge >= 0.3 is 0 Å². The van der Waals surface area contributed by atoms with Crippen molar-refractivity contribution in [1.29, 1.82) is 0 Å². The Morgan fingerprint density at radius 3 is 2.60 bits per heavy atom. The van der Waals surface area contributed by atoms with Crippen molar-refractivity contribution in [3.8, 4) is 0 Å². The van der Waals surface area contributed by atoms with Crippen LogP contribution in [-0.2, 0) is 0 Å². The quantitative estimate of drug-likeness (QED) is 0.824. The Morgan fingerprint density at radius 2 is 1.93 bits per heavy atom. The van der Waals surface area contributed by atoms with E-state index in [4.69, 9.17) is 11.6 Å². The Labute approximate surface area is 99.5 Å². The second-order valence-corrected chi connectivity index (χ2v) is 3.95. The zero-order valence-corrected chi connectivity index (χ0v) is 9.83. The van der Waals surface area contributed by atoms with Gasteiger partial charge < -0.3 is 0 Å². The highest BCUT2D eigenvalue weighted by atomic mass is 79.9. The van der Waals surface area contributed by atoms with Crippen LogP contribution in [0.2, 0.25) is 5.15 Å². The molecule has 4 nitrogen and oxygen atoms in total. The second kappa shape index (κ2) is 4.55. The lowest BCUT2D eigenvalue weighted by Crippen LogP contribution is -1.66. The Bertz CT molecular complexity index is 494. The Morgan fingerprint density at radius 1 is 1.20 bits per heavy atom. The molecule has 0 radical (unpaired) electrons. The summed E-state index contributed by atoms with van der Waals surface area (Å²) in [4.78, 5) is 0. The standard InChI is InChI=1S/C9H6BrClN4/c10-6-3-1-2-4-7(6)13-14-8-5-12-15-9(8)11/h1-5H,(H,12,15). The lowest BCUT2D eigenvalue weighted by Gasteiger charge is -1.94. The van der Waals surface area contributed by atoms with E-state index >= 15 is 0 Å². The van der Waals surface area contributed by atoms with Gasteiger partial charge in [0.1, 0.15) is 5.69 Å². The van der Waals surface area contributed by atoms with Gasteiger partial charge in [0.05, 0.1) is 11.9 Å². The van der Waals surface area contributed by atoms with Crippen molar-refractivity contribution in [2.24, 2.45) is 10.2 Å². The zero-order chi connectivity index (χ0) is 10.7. The number of nitrogens with one attached hydrogen (secondary N) is 1. The van der Waals surface area contributed by atoms with Gasteiger partial charge in [0.15, 0.2) is 5.15 Å². The molecule has 0 saturated heterocycles. The predicted molar refractivity (Wildman–Crippen MR) is 61.9 cm³/mol. The summed E-state index contributed by atoms with van der Waals surface area (Å²) < 4.78 is 0.883. The molecule has 0 atom stereocenters. The fraction of sp³-hybridized carbons (Fsp3) is 0. The van der Waals surface area contributed by atoms with Crippen LogP contribution >= 0.6 is 27.5 Å². The zero-order valence-electron chi connectivity index (χ0n) is 7.48. The number of halogens is 2. The number of hydrogen-bond donors (Lipinski definition) is 1. The summed E-state index contributed by atoms with van der Waals surface area (Å²) in [5.41, 5.74) is 1.27. The molecule has 0 fully saturated rings. The molecule has 0 amide bonds. The second-order valence-electron chi connectivity index (χ2n) is 2.72. The van der Waals surface area contributed by atoms with Gasteiger partial charge in [-0.05, 0) is 28.1 Å². The number of benzene rings is 1. The smallest absolute Gasteiger partial charge is 0.152 e. The number of H-pyrrole nitrogens is 1. The van der Waals surface area contributed by atoms with Crippen molar-refractivity contribution in [3.05, 3.63) is 40.1 Å². The third-order valence-corrected chi connectivity index (χ3v) is 2.64. The Balaban J connectivity index is 2.26. The van der Waals surface area contributed by atoms with Crippen LogP contribution in [0.15, 0.2) is 45.2 Å². The summed E-state index contributed by atoms with van der Waals surface area (Å²) in [7, 11) is 0. The molecule has 1 aromatic heterocycles. The molecule has 0 aliphatic carbocycles.